The predicted molar refractivity (Wildman–Crippen MR) is 153 cm³/mol. The van der Waals surface area contributed by atoms with Gasteiger partial charge in [0.05, 0.1) is 17.2 Å². The highest BCUT2D eigenvalue weighted by atomic mass is 19.1. The van der Waals surface area contributed by atoms with Crippen molar-refractivity contribution >= 4 is 47.0 Å². The van der Waals surface area contributed by atoms with Crippen molar-refractivity contribution < 1.29 is 33.2 Å². The minimum absolute atomic E-state index is 0.0486. The van der Waals surface area contributed by atoms with Crippen LogP contribution in [0.2, 0.25) is 0 Å². The number of hydrogen-bond acceptors (Lipinski definition) is 8. The summed E-state index contributed by atoms with van der Waals surface area (Å²) in [5.41, 5.74) is -1.62. The van der Waals surface area contributed by atoms with Gasteiger partial charge in [0.15, 0.2) is 6.04 Å². The number of ketones is 1. The van der Waals surface area contributed by atoms with E-state index >= 15 is 0 Å². The number of carbonyl (C=O) groups is 6. The lowest BCUT2D eigenvalue weighted by Gasteiger charge is -2.41. The summed E-state index contributed by atoms with van der Waals surface area (Å²) in [4.78, 5) is 86.1. The summed E-state index contributed by atoms with van der Waals surface area (Å²) in [6.45, 7) is 1.30. The van der Waals surface area contributed by atoms with Crippen molar-refractivity contribution in [1.29, 1.82) is 0 Å². The Morgan fingerprint density at radius 3 is 2.41 bits per heavy atom. The molecule has 44 heavy (non-hydrogen) atoms. The fourth-order valence-corrected chi connectivity index (χ4v) is 5.94. The van der Waals surface area contributed by atoms with Crippen LogP contribution in [0.25, 0.3) is 0 Å². The van der Waals surface area contributed by atoms with Gasteiger partial charge in [-0.1, -0.05) is 12.1 Å². The molecule has 3 fully saturated rings. The average molecular weight is 609 g/mol. The number of anilines is 1. The molecule has 5 amide bonds. The maximum atomic E-state index is 13.7. The second-order valence-electron chi connectivity index (χ2n) is 11.7. The third-order valence-corrected chi connectivity index (χ3v) is 8.60. The number of likely N-dealkylation sites (N-methyl/N-ethyl adjacent to an activating group) is 1. The van der Waals surface area contributed by atoms with Crippen LogP contribution < -0.4 is 16.0 Å². The number of aliphatic imine (C=N–C) groups is 1. The van der Waals surface area contributed by atoms with E-state index in [2.05, 4.69) is 26.0 Å². The van der Waals surface area contributed by atoms with Crippen LogP contribution in [0.4, 0.5) is 10.2 Å². The van der Waals surface area contributed by atoms with Crippen molar-refractivity contribution in [2.24, 2.45) is 17.5 Å². The van der Waals surface area contributed by atoms with Crippen LogP contribution in [0, 0.1) is 18.2 Å². The van der Waals surface area contributed by atoms with E-state index in [4.69, 9.17) is 0 Å². The lowest BCUT2D eigenvalue weighted by molar-refractivity contribution is -0.147. The average Bonchev–Trinajstić information content (AvgIpc) is 3.27. The molecular formula is C29H33FN8O6. The molecule has 14 nitrogen and oxygen atoms in total. The van der Waals surface area contributed by atoms with Crippen molar-refractivity contribution in [2.45, 2.75) is 50.7 Å². The van der Waals surface area contributed by atoms with E-state index in [9.17, 15) is 33.2 Å². The third-order valence-electron chi connectivity index (χ3n) is 8.60. The minimum Gasteiger partial charge on any atom is -0.350 e. The molecule has 3 N–H and O–H groups in total. The fraction of sp³-hybridized carbons (Fsp3) is 0.448. The fourth-order valence-electron chi connectivity index (χ4n) is 5.94. The molecule has 1 aliphatic carbocycles. The van der Waals surface area contributed by atoms with Crippen molar-refractivity contribution in [3.8, 4) is 0 Å². The third kappa shape index (κ3) is 5.33. The first-order chi connectivity index (χ1) is 20.8. The second-order valence-corrected chi connectivity index (χ2v) is 11.7. The molecule has 1 aromatic carbocycles. The Morgan fingerprint density at radius 2 is 1.80 bits per heavy atom. The van der Waals surface area contributed by atoms with Gasteiger partial charge in [-0.05, 0) is 49.8 Å². The highest BCUT2D eigenvalue weighted by Gasteiger charge is 2.60. The van der Waals surface area contributed by atoms with Gasteiger partial charge in [0.1, 0.15) is 17.5 Å². The van der Waals surface area contributed by atoms with Gasteiger partial charge in [-0.3, -0.25) is 38.3 Å². The number of halogens is 1. The first-order valence-corrected chi connectivity index (χ1v) is 14.1. The molecule has 4 aliphatic rings. The molecule has 1 atom stereocenters. The number of amidine groups is 1. The summed E-state index contributed by atoms with van der Waals surface area (Å²) in [7, 11) is 4.48. The first-order valence-electron chi connectivity index (χ1n) is 14.1. The second kappa shape index (κ2) is 11.3. The van der Waals surface area contributed by atoms with E-state index in [1.54, 1.807) is 26.1 Å². The largest absolute Gasteiger partial charge is 0.350 e. The van der Waals surface area contributed by atoms with Crippen LogP contribution in [0.15, 0.2) is 35.5 Å². The van der Waals surface area contributed by atoms with Crippen molar-refractivity contribution in [2.75, 3.05) is 26.0 Å². The van der Waals surface area contributed by atoms with Crippen molar-refractivity contribution in [3.63, 3.8) is 0 Å². The summed E-state index contributed by atoms with van der Waals surface area (Å²) in [6, 6.07) is 4.14. The molecule has 232 valence electrons. The van der Waals surface area contributed by atoms with Crippen LogP contribution in [-0.4, -0.2) is 93.0 Å². The molecular weight excluding hydrogens is 575 g/mol. The summed E-state index contributed by atoms with van der Waals surface area (Å²) in [5.74, 6) is -5.23. The molecule has 2 saturated heterocycles. The van der Waals surface area contributed by atoms with Gasteiger partial charge in [0.25, 0.3) is 17.6 Å². The molecule has 2 bridgehead atoms. The predicted octanol–water partition coefficient (Wildman–Crippen LogP) is -0.182. The Morgan fingerprint density at radius 1 is 1.09 bits per heavy atom. The number of aromatic nitrogens is 2. The zero-order valence-electron chi connectivity index (χ0n) is 24.8. The smallest absolute Gasteiger partial charge is 0.311 e. The summed E-state index contributed by atoms with van der Waals surface area (Å²) < 4.78 is 15.2. The van der Waals surface area contributed by atoms with Gasteiger partial charge < -0.3 is 20.9 Å². The lowest BCUT2D eigenvalue weighted by atomic mass is 9.68. The van der Waals surface area contributed by atoms with Crippen LogP contribution in [0.3, 0.4) is 0 Å². The summed E-state index contributed by atoms with van der Waals surface area (Å²) >= 11 is 0. The molecule has 6 rings (SSSR count). The molecule has 1 aromatic heterocycles. The number of hydrogen-bond donors (Lipinski definition) is 3. The van der Waals surface area contributed by atoms with E-state index in [1.807, 2.05) is 0 Å². The molecule has 2 aromatic rings. The SMILES string of the molecule is Cc1cc(CNC(=O)C2N=C3N(CC4(C(=O)Nc5ccnn5C)CCC3(NC(=O)C(=O)N(C)C)CC4)C(=O)C2=O)ccc1F. The minimum atomic E-state index is -1.76. The highest BCUT2D eigenvalue weighted by molar-refractivity contribution is 6.46. The van der Waals surface area contributed by atoms with Gasteiger partial charge in [-0.25, -0.2) is 9.38 Å². The lowest BCUT2D eigenvalue weighted by Crippen LogP contribution is -2.65. The molecule has 0 radical (unpaired) electrons. The zero-order chi connectivity index (χ0) is 32.0. The van der Waals surface area contributed by atoms with Crippen molar-refractivity contribution in [1.82, 2.24) is 30.2 Å². The van der Waals surface area contributed by atoms with Crippen LogP contribution >= 0.6 is 0 Å². The molecule has 4 heterocycles. The van der Waals surface area contributed by atoms with Gasteiger partial charge in [0.2, 0.25) is 5.91 Å². The summed E-state index contributed by atoms with van der Waals surface area (Å²) in [5, 5.41) is 12.2. The number of aryl methyl sites for hydroxylation is 2. The number of nitrogens with one attached hydrogen (secondary N) is 3. The number of carbonyl (C=O) groups excluding carboxylic acids is 6. The normalized spacial score (nSPS) is 24.2. The Balaban J connectivity index is 1.49. The van der Waals surface area contributed by atoms with Crippen LogP contribution in [0.1, 0.15) is 36.8 Å². The monoisotopic (exact) mass is 608 g/mol. The van der Waals surface area contributed by atoms with E-state index in [-0.39, 0.29) is 44.6 Å². The maximum absolute atomic E-state index is 13.7. The Kier molecular flexibility index (Phi) is 7.82. The van der Waals surface area contributed by atoms with Crippen LogP contribution in [-0.2, 0) is 42.4 Å². The molecule has 1 unspecified atom stereocenters. The Bertz CT molecular complexity index is 1610. The zero-order valence-corrected chi connectivity index (χ0v) is 24.8. The highest BCUT2D eigenvalue weighted by Crippen LogP contribution is 2.48. The molecule has 15 heteroatoms. The number of nitrogens with zero attached hydrogens (tertiary/aromatic N) is 5. The van der Waals surface area contributed by atoms with Gasteiger partial charge in [-0.2, -0.15) is 5.10 Å². The van der Waals surface area contributed by atoms with Gasteiger partial charge in [0, 0.05) is 40.3 Å². The topological polar surface area (TPSA) is 175 Å². The quantitative estimate of drug-likeness (QED) is 0.301. The van der Waals surface area contributed by atoms with Crippen LogP contribution in [0.5, 0.6) is 0 Å². The van der Waals surface area contributed by atoms with E-state index in [0.717, 1.165) is 9.80 Å². The first kappa shape index (κ1) is 30.5. The molecule has 3 aliphatic heterocycles. The summed E-state index contributed by atoms with van der Waals surface area (Å²) in [6.07, 6.45) is 2.11. The number of fused-ring (bicyclic) bond motifs is 2. The number of rotatable bonds is 6. The van der Waals surface area contributed by atoms with E-state index in [0.29, 0.717) is 16.9 Å². The Hall–Kier alpha value is -4.95. The number of Topliss-reactive ketones (excluding diaryl/α,β-unsaturated/α-hetero) is 1. The van der Waals surface area contributed by atoms with Gasteiger partial charge >= 0.3 is 11.8 Å². The van der Waals surface area contributed by atoms with Crippen molar-refractivity contribution in [3.05, 3.63) is 47.4 Å². The standard InChI is InChI=1S/C29H33FN8O6/c1-16-13-17(5-6-18(16)30)14-31-22(40)20-21(39)24(42)38-15-28(27(44)33-19-7-12-32-37(19)4)8-10-29(11-9-28,26(38)34-20)35-23(41)25(43)36(2)3/h5-7,12-13,20H,8-11,14-15H2,1-4H3,(H,31,40)(H,33,44)(H,35,41). The van der Waals surface area contributed by atoms with Gasteiger partial charge in [-0.15, -0.1) is 0 Å². The number of benzene rings is 1. The van der Waals surface area contributed by atoms with E-state index in [1.165, 1.54) is 37.1 Å². The molecule has 0 spiro atoms. The number of amides is 5. The Labute approximate surface area is 252 Å². The molecule has 1 saturated carbocycles. The maximum Gasteiger partial charge on any atom is 0.311 e. The van der Waals surface area contributed by atoms with E-state index < -0.39 is 58.1 Å².